The van der Waals surface area contributed by atoms with E-state index in [2.05, 4.69) is 33.3 Å². The van der Waals surface area contributed by atoms with Crippen LogP contribution in [0.25, 0.3) is 0 Å². The lowest BCUT2D eigenvalue weighted by atomic mass is 10.3. The van der Waals surface area contributed by atoms with Crippen LogP contribution in [0.5, 0.6) is 0 Å². The molecule has 1 aromatic heterocycles. The first-order valence-corrected chi connectivity index (χ1v) is 7.47. The summed E-state index contributed by atoms with van der Waals surface area (Å²) in [5.41, 5.74) is 2.95. The van der Waals surface area contributed by atoms with Crippen molar-refractivity contribution in [2.24, 2.45) is 7.05 Å². The number of hydrogen-bond acceptors (Lipinski definition) is 2. The van der Waals surface area contributed by atoms with Crippen LogP contribution in [-0.2, 0) is 20.0 Å². The number of benzene rings is 1. The molecule has 0 aliphatic heterocycles. The largest absolute Gasteiger partial charge is 0.378 e. The smallest absolute Gasteiger partial charge is 0.0823 e. The number of aryl methyl sites for hydroxylation is 2. The third kappa shape index (κ3) is 3.07. The number of nitrogens with one attached hydrogen (secondary N) is 1. The van der Waals surface area contributed by atoms with Crippen molar-refractivity contribution in [2.75, 3.05) is 5.32 Å². The van der Waals surface area contributed by atoms with Gasteiger partial charge in [-0.05, 0) is 34.5 Å². The Kier molecular flexibility index (Phi) is 4.76. The second kappa shape index (κ2) is 6.16. The Morgan fingerprint density at radius 1 is 1.37 bits per heavy atom. The zero-order valence-corrected chi connectivity index (χ0v) is 13.8. The fraction of sp³-hybridized carbons (Fsp3) is 0.308. The average Bonchev–Trinajstić information content (AvgIpc) is 2.66. The van der Waals surface area contributed by atoms with Gasteiger partial charge in [-0.2, -0.15) is 5.10 Å². The van der Waals surface area contributed by atoms with Gasteiger partial charge >= 0.3 is 0 Å². The summed E-state index contributed by atoms with van der Waals surface area (Å²) in [6.45, 7) is 2.71. The predicted molar refractivity (Wildman–Crippen MR) is 84.1 cm³/mol. The summed E-state index contributed by atoms with van der Waals surface area (Å²) in [4.78, 5) is 0. The van der Waals surface area contributed by atoms with Crippen LogP contribution in [0, 0.1) is 0 Å². The SMILES string of the molecule is CCc1nn(C)c(CNc2cccc(Cl)c2Cl)c1Br. The molecule has 3 nitrogen and oxygen atoms in total. The van der Waals surface area contributed by atoms with Gasteiger partial charge in [-0.15, -0.1) is 0 Å². The van der Waals surface area contributed by atoms with Crippen molar-refractivity contribution in [1.82, 2.24) is 9.78 Å². The molecule has 0 saturated carbocycles. The molecule has 0 unspecified atom stereocenters. The van der Waals surface area contributed by atoms with Crippen LogP contribution in [0.1, 0.15) is 18.3 Å². The highest BCUT2D eigenvalue weighted by molar-refractivity contribution is 9.10. The Labute approximate surface area is 131 Å². The minimum absolute atomic E-state index is 0.540. The molecular weight excluding hydrogens is 349 g/mol. The van der Waals surface area contributed by atoms with E-state index < -0.39 is 0 Å². The van der Waals surface area contributed by atoms with Gasteiger partial charge in [0.1, 0.15) is 0 Å². The maximum absolute atomic E-state index is 6.14. The summed E-state index contributed by atoms with van der Waals surface area (Å²) in [6.07, 6.45) is 0.895. The van der Waals surface area contributed by atoms with E-state index in [1.165, 1.54) is 0 Å². The maximum atomic E-state index is 6.14. The minimum Gasteiger partial charge on any atom is -0.378 e. The van der Waals surface area contributed by atoms with E-state index in [4.69, 9.17) is 23.2 Å². The third-order valence-corrected chi connectivity index (χ3v) is 4.64. The van der Waals surface area contributed by atoms with Gasteiger partial charge in [-0.25, -0.2) is 0 Å². The summed E-state index contributed by atoms with van der Waals surface area (Å²) < 4.78 is 2.91. The van der Waals surface area contributed by atoms with Crippen LogP contribution in [0.15, 0.2) is 22.7 Å². The highest BCUT2D eigenvalue weighted by Crippen LogP contribution is 2.30. The molecule has 2 aromatic rings. The molecule has 0 amide bonds. The highest BCUT2D eigenvalue weighted by Gasteiger charge is 2.12. The second-order valence-electron chi connectivity index (χ2n) is 4.14. The fourth-order valence-electron chi connectivity index (χ4n) is 1.83. The molecule has 1 heterocycles. The van der Waals surface area contributed by atoms with E-state index in [1.807, 2.05) is 23.9 Å². The fourth-order valence-corrected chi connectivity index (χ4v) is 2.95. The van der Waals surface area contributed by atoms with Crippen LogP contribution in [0.4, 0.5) is 5.69 Å². The first kappa shape index (κ1) is 14.7. The molecule has 0 saturated heterocycles. The van der Waals surface area contributed by atoms with Gasteiger partial charge in [0.25, 0.3) is 0 Å². The average molecular weight is 363 g/mol. The molecule has 0 bridgehead atoms. The van der Waals surface area contributed by atoms with E-state index in [0.717, 1.165) is 28.0 Å². The Morgan fingerprint density at radius 3 is 2.74 bits per heavy atom. The number of anilines is 1. The molecule has 0 aliphatic carbocycles. The summed E-state index contributed by atoms with van der Waals surface area (Å²) in [7, 11) is 1.93. The monoisotopic (exact) mass is 361 g/mol. The predicted octanol–water partition coefficient (Wildman–Crippen LogP) is 4.66. The van der Waals surface area contributed by atoms with Gasteiger partial charge in [0, 0.05) is 7.05 Å². The number of rotatable bonds is 4. The van der Waals surface area contributed by atoms with E-state index in [9.17, 15) is 0 Å². The zero-order chi connectivity index (χ0) is 14.0. The van der Waals surface area contributed by atoms with E-state index in [0.29, 0.717) is 16.6 Å². The number of nitrogens with zero attached hydrogens (tertiary/aromatic N) is 2. The van der Waals surface area contributed by atoms with Crippen LogP contribution < -0.4 is 5.32 Å². The third-order valence-electron chi connectivity index (χ3n) is 2.90. The van der Waals surface area contributed by atoms with E-state index in [1.54, 1.807) is 6.07 Å². The second-order valence-corrected chi connectivity index (χ2v) is 5.72. The van der Waals surface area contributed by atoms with Crippen molar-refractivity contribution in [3.8, 4) is 0 Å². The summed E-state index contributed by atoms with van der Waals surface area (Å²) in [5.74, 6) is 0. The Hall–Kier alpha value is -0.710. The van der Waals surface area contributed by atoms with Crippen molar-refractivity contribution >= 4 is 44.8 Å². The quantitative estimate of drug-likeness (QED) is 0.856. The standard InChI is InChI=1S/C13H14BrCl2N3/c1-3-9-12(14)11(19(2)18-9)7-17-10-6-4-5-8(15)13(10)16/h4-6,17H,3,7H2,1-2H3. The molecule has 0 aliphatic rings. The normalized spacial score (nSPS) is 10.8. The van der Waals surface area contributed by atoms with E-state index in [-0.39, 0.29) is 0 Å². The van der Waals surface area contributed by atoms with Gasteiger partial charge in [0.2, 0.25) is 0 Å². The molecule has 102 valence electrons. The first-order valence-electron chi connectivity index (χ1n) is 5.92. The molecule has 1 aromatic carbocycles. The van der Waals surface area contributed by atoms with Gasteiger partial charge < -0.3 is 5.32 Å². The lowest BCUT2D eigenvalue weighted by molar-refractivity contribution is 0.706. The highest BCUT2D eigenvalue weighted by atomic mass is 79.9. The molecule has 1 N–H and O–H groups in total. The molecule has 2 rings (SSSR count). The minimum atomic E-state index is 0.540. The van der Waals surface area contributed by atoms with E-state index >= 15 is 0 Å². The Morgan fingerprint density at radius 2 is 2.11 bits per heavy atom. The molecule has 6 heteroatoms. The van der Waals surface area contributed by atoms with Crippen LogP contribution in [-0.4, -0.2) is 9.78 Å². The Bertz CT molecular complexity index is 596. The number of hydrogen-bond donors (Lipinski definition) is 1. The number of halogens is 3. The zero-order valence-electron chi connectivity index (χ0n) is 10.7. The topological polar surface area (TPSA) is 29.9 Å². The Balaban J connectivity index is 2.19. The summed E-state index contributed by atoms with van der Waals surface area (Å²) in [6, 6.07) is 5.54. The summed E-state index contributed by atoms with van der Waals surface area (Å²) >= 11 is 15.7. The van der Waals surface area contributed by atoms with Crippen molar-refractivity contribution in [3.05, 3.63) is 44.1 Å². The molecule has 0 radical (unpaired) electrons. The summed E-state index contributed by atoms with van der Waals surface area (Å²) in [5, 5.41) is 8.82. The van der Waals surface area contributed by atoms with Gasteiger partial charge in [0.05, 0.1) is 38.1 Å². The molecular formula is C13H14BrCl2N3. The van der Waals surface area contributed by atoms with Crippen molar-refractivity contribution in [3.63, 3.8) is 0 Å². The lowest BCUT2D eigenvalue weighted by Gasteiger charge is -2.10. The van der Waals surface area contributed by atoms with Crippen LogP contribution in [0.3, 0.4) is 0 Å². The van der Waals surface area contributed by atoms with Crippen molar-refractivity contribution < 1.29 is 0 Å². The molecule has 0 atom stereocenters. The van der Waals surface area contributed by atoms with Crippen molar-refractivity contribution in [1.29, 1.82) is 0 Å². The molecule has 0 fully saturated rings. The van der Waals surface area contributed by atoms with Crippen LogP contribution in [0.2, 0.25) is 10.0 Å². The van der Waals surface area contributed by atoms with Gasteiger partial charge in [0.15, 0.2) is 0 Å². The lowest BCUT2D eigenvalue weighted by Crippen LogP contribution is -2.06. The molecule has 19 heavy (non-hydrogen) atoms. The van der Waals surface area contributed by atoms with Gasteiger partial charge in [-0.1, -0.05) is 36.2 Å². The number of aromatic nitrogens is 2. The van der Waals surface area contributed by atoms with Gasteiger partial charge in [-0.3, -0.25) is 4.68 Å². The maximum Gasteiger partial charge on any atom is 0.0823 e. The first-order chi connectivity index (χ1) is 9.04. The van der Waals surface area contributed by atoms with Crippen LogP contribution >= 0.6 is 39.1 Å². The van der Waals surface area contributed by atoms with Crippen molar-refractivity contribution in [2.45, 2.75) is 19.9 Å². The molecule has 0 spiro atoms.